The monoisotopic (exact) mass is 328 g/mol. The fourth-order valence-electron chi connectivity index (χ4n) is 4.34. The maximum absolute atomic E-state index is 12.4. The van der Waals surface area contributed by atoms with Crippen molar-refractivity contribution >= 4 is 11.9 Å². The summed E-state index contributed by atoms with van der Waals surface area (Å²) >= 11 is 0. The maximum Gasteiger partial charge on any atom is 0.339 e. The van der Waals surface area contributed by atoms with Gasteiger partial charge in [-0.25, -0.2) is 4.79 Å². The van der Waals surface area contributed by atoms with Gasteiger partial charge in [0.05, 0.1) is 11.5 Å². The van der Waals surface area contributed by atoms with E-state index in [1.54, 1.807) is 0 Å². The average molecular weight is 328 g/mol. The van der Waals surface area contributed by atoms with Gasteiger partial charge in [-0.1, -0.05) is 18.2 Å². The summed E-state index contributed by atoms with van der Waals surface area (Å²) < 4.78 is 5.77. The van der Waals surface area contributed by atoms with Crippen LogP contribution < -0.4 is 10.6 Å². The molecule has 4 rings (SSSR count). The highest BCUT2D eigenvalue weighted by molar-refractivity contribution is 5.94. The third-order valence-electron chi connectivity index (χ3n) is 5.73. The fraction of sp³-hybridized carbons (Fsp3) is 0.579. The van der Waals surface area contributed by atoms with Gasteiger partial charge in [0.2, 0.25) is 5.91 Å². The van der Waals surface area contributed by atoms with Crippen molar-refractivity contribution in [2.24, 2.45) is 5.92 Å². The lowest BCUT2D eigenvalue weighted by atomic mass is 9.77. The lowest BCUT2D eigenvalue weighted by Crippen LogP contribution is -2.47. The molecule has 2 aliphatic heterocycles. The Balaban J connectivity index is 1.39. The van der Waals surface area contributed by atoms with Crippen molar-refractivity contribution in [3.05, 3.63) is 35.4 Å². The van der Waals surface area contributed by atoms with Crippen LogP contribution in [-0.2, 0) is 15.1 Å². The van der Waals surface area contributed by atoms with Crippen molar-refractivity contribution in [2.75, 3.05) is 13.1 Å². The maximum atomic E-state index is 12.4. The van der Waals surface area contributed by atoms with Crippen LogP contribution in [0.3, 0.4) is 0 Å². The molecule has 5 heteroatoms. The van der Waals surface area contributed by atoms with E-state index in [0.29, 0.717) is 5.56 Å². The zero-order chi connectivity index (χ0) is 16.6. The summed E-state index contributed by atoms with van der Waals surface area (Å²) in [5, 5.41) is 6.50. The minimum Gasteiger partial charge on any atom is -0.451 e. The topological polar surface area (TPSA) is 67.4 Å². The van der Waals surface area contributed by atoms with E-state index < -0.39 is 5.60 Å². The number of piperidine rings is 1. The number of amides is 1. The molecule has 2 heterocycles. The van der Waals surface area contributed by atoms with Gasteiger partial charge in [0.15, 0.2) is 0 Å². The molecule has 2 N–H and O–H groups in total. The van der Waals surface area contributed by atoms with Crippen LogP contribution in [0.15, 0.2) is 24.3 Å². The Hall–Kier alpha value is -1.88. The molecule has 1 amide bonds. The summed E-state index contributed by atoms with van der Waals surface area (Å²) in [6.07, 6.45) is 5.31. The SMILES string of the molecule is O=C1OC2(CCC(NC(=O)C3CCCNC3)CC2)c2ccccc21. The van der Waals surface area contributed by atoms with Crippen molar-refractivity contribution in [1.82, 2.24) is 10.6 Å². The summed E-state index contributed by atoms with van der Waals surface area (Å²) in [7, 11) is 0. The van der Waals surface area contributed by atoms with Crippen LogP contribution in [0.2, 0.25) is 0 Å². The minimum absolute atomic E-state index is 0.0969. The number of rotatable bonds is 2. The Morgan fingerprint density at radius 1 is 1.21 bits per heavy atom. The summed E-state index contributed by atoms with van der Waals surface area (Å²) in [6.45, 7) is 1.80. The van der Waals surface area contributed by atoms with Gasteiger partial charge in [-0.05, 0) is 51.1 Å². The van der Waals surface area contributed by atoms with Crippen LogP contribution in [0.25, 0.3) is 0 Å². The first-order valence-electron chi connectivity index (χ1n) is 9.02. The molecule has 1 saturated heterocycles. The summed E-state index contributed by atoms with van der Waals surface area (Å²) in [6, 6.07) is 7.88. The summed E-state index contributed by atoms with van der Waals surface area (Å²) in [5.41, 5.74) is 1.26. The summed E-state index contributed by atoms with van der Waals surface area (Å²) in [5.74, 6) is 0.0630. The molecule has 1 aliphatic carbocycles. The standard InChI is InChI=1S/C19H24N2O3/c22-17(13-4-3-11-20-12-13)21-14-7-9-19(10-8-14)16-6-2-1-5-15(16)18(23)24-19/h1-2,5-6,13-14,20H,3-4,7-12H2,(H,21,22). The zero-order valence-electron chi connectivity index (χ0n) is 13.8. The van der Waals surface area contributed by atoms with Gasteiger partial charge >= 0.3 is 5.97 Å². The van der Waals surface area contributed by atoms with E-state index in [9.17, 15) is 9.59 Å². The van der Waals surface area contributed by atoms with E-state index in [4.69, 9.17) is 4.74 Å². The third-order valence-corrected chi connectivity index (χ3v) is 5.73. The Bertz CT molecular complexity index is 644. The number of benzene rings is 1. The number of hydrogen-bond donors (Lipinski definition) is 2. The molecule has 1 aromatic rings. The predicted molar refractivity (Wildman–Crippen MR) is 89.5 cm³/mol. The number of esters is 1. The number of fused-ring (bicyclic) bond motifs is 2. The molecular weight excluding hydrogens is 304 g/mol. The zero-order valence-corrected chi connectivity index (χ0v) is 13.8. The van der Waals surface area contributed by atoms with E-state index in [2.05, 4.69) is 10.6 Å². The smallest absolute Gasteiger partial charge is 0.339 e. The number of ether oxygens (including phenoxy) is 1. The number of carbonyl (C=O) groups is 2. The Labute approximate surface area is 142 Å². The van der Waals surface area contributed by atoms with Gasteiger partial charge in [-0.15, -0.1) is 0 Å². The second-order valence-electron chi connectivity index (χ2n) is 7.26. The largest absolute Gasteiger partial charge is 0.451 e. The van der Waals surface area contributed by atoms with Gasteiger partial charge < -0.3 is 15.4 Å². The fourth-order valence-corrected chi connectivity index (χ4v) is 4.34. The van der Waals surface area contributed by atoms with E-state index in [1.165, 1.54) is 0 Å². The molecule has 0 bridgehead atoms. The second kappa shape index (κ2) is 6.20. The molecule has 1 atom stereocenters. The first kappa shape index (κ1) is 15.6. The molecule has 3 aliphatic rings. The lowest BCUT2D eigenvalue weighted by Gasteiger charge is -2.37. The number of hydrogen-bond acceptors (Lipinski definition) is 4. The van der Waals surface area contributed by atoms with Gasteiger partial charge in [-0.3, -0.25) is 4.79 Å². The molecule has 1 spiro atoms. The van der Waals surface area contributed by atoms with Crippen LogP contribution in [0.5, 0.6) is 0 Å². The number of carbonyl (C=O) groups excluding carboxylic acids is 2. The molecule has 0 aromatic heterocycles. The Morgan fingerprint density at radius 2 is 2.00 bits per heavy atom. The summed E-state index contributed by atoms with van der Waals surface area (Å²) in [4.78, 5) is 24.5. The predicted octanol–water partition coefficient (Wildman–Crippen LogP) is 2.11. The van der Waals surface area contributed by atoms with Crippen molar-refractivity contribution in [1.29, 1.82) is 0 Å². The third kappa shape index (κ3) is 2.71. The van der Waals surface area contributed by atoms with Crippen LogP contribution >= 0.6 is 0 Å². The van der Waals surface area contributed by atoms with E-state index >= 15 is 0 Å². The van der Waals surface area contributed by atoms with Crippen molar-refractivity contribution < 1.29 is 14.3 Å². The van der Waals surface area contributed by atoms with Gasteiger partial charge in [0.1, 0.15) is 5.60 Å². The van der Waals surface area contributed by atoms with Crippen molar-refractivity contribution in [3.63, 3.8) is 0 Å². The van der Waals surface area contributed by atoms with Crippen molar-refractivity contribution in [3.8, 4) is 0 Å². The highest BCUT2D eigenvalue weighted by atomic mass is 16.6. The van der Waals surface area contributed by atoms with Gasteiger partial charge in [0, 0.05) is 18.2 Å². The van der Waals surface area contributed by atoms with Crippen LogP contribution in [0.1, 0.15) is 54.4 Å². The lowest BCUT2D eigenvalue weighted by molar-refractivity contribution is -0.127. The highest BCUT2D eigenvalue weighted by Crippen LogP contribution is 2.46. The Morgan fingerprint density at radius 3 is 2.75 bits per heavy atom. The average Bonchev–Trinajstić information content (AvgIpc) is 2.90. The molecule has 5 nitrogen and oxygen atoms in total. The number of nitrogens with one attached hydrogen (secondary N) is 2. The van der Waals surface area contributed by atoms with Gasteiger partial charge in [0.25, 0.3) is 0 Å². The van der Waals surface area contributed by atoms with E-state index in [0.717, 1.165) is 57.2 Å². The molecule has 0 radical (unpaired) electrons. The second-order valence-corrected chi connectivity index (χ2v) is 7.26. The van der Waals surface area contributed by atoms with Crippen LogP contribution in [0.4, 0.5) is 0 Å². The van der Waals surface area contributed by atoms with E-state index in [-0.39, 0.29) is 23.8 Å². The van der Waals surface area contributed by atoms with E-state index in [1.807, 2.05) is 24.3 Å². The molecule has 24 heavy (non-hydrogen) atoms. The normalized spacial score (nSPS) is 32.2. The first-order valence-corrected chi connectivity index (χ1v) is 9.02. The molecule has 2 fully saturated rings. The molecule has 1 aromatic carbocycles. The quantitative estimate of drug-likeness (QED) is 0.816. The van der Waals surface area contributed by atoms with Crippen molar-refractivity contribution in [2.45, 2.75) is 50.2 Å². The van der Waals surface area contributed by atoms with Crippen LogP contribution in [-0.4, -0.2) is 31.0 Å². The first-order chi connectivity index (χ1) is 11.7. The molecular formula is C19H24N2O3. The highest BCUT2D eigenvalue weighted by Gasteiger charge is 2.47. The van der Waals surface area contributed by atoms with Crippen LogP contribution in [0, 0.1) is 5.92 Å². The van der Waals surface area contributed by atoms with Gasteiger partial charge in [-0.2, -0.15) is 0 Å². The molecule has 128 valence electrons. The Kier molecular flexibility index (Phi) is 4.04. The molecule has 1 saturated carbocycles. The minimum atomic E-state index is -0.471. The molecule has 1 unspecified atom stereocenters.